The van der Waals surface area contributed by atoms with E-state index >= 15 is 0 Å². The highest BCUT2D eigenvalue weighted by Gasteiger charge is 2.22. The first kappa shape index (κ1) is 21.7. The summed E-state index contributed by atoms with van der Waals surface area (Å²) >= 11 is 0. The quantitative estimate of drug-likeness (QED) is 0.464. The van der Waals surface area contributed by atoms with Gasteiger partial charge in [0.1, 0.15) is 0 Å². The second-order valence-corrected chi connectivity index (χ2v) is 6.48. The summed E-state index contributed by atoms with van der Waals surface area (Å²) < 4.78 is 1.59. The molecule has 0 aliphatic carbocycles. The number of carbonyl (C=O) groups is 4. The SMILES string of the molecule is NC(=O)CCC(=O)[C@H](CCC(=O)O)NC(=O)CCc1cn(-c2ccccc2)nn1. The number of aromatic nitrogens is 3. The van der Waals surface area contributed by atoms with Crippen molar-refractivity contribution in [2.24, 2.45) is 5.73 Å². The Labute approximate surface area is 167 Å². The molecule has 1 aromatic heterocycles. The van der Waals surface area contributed by atoms with Crippen molar-refractivity contribution in [2.75, 3.05) is 0 Å². The van der Waals surface area contributed by atoms with Gasteiger partial charge in [0.25, 0.3) is 0 Å². The van der Waals surface area contributed by atoms with E-state index in [0.29, 0.717) is 12.1 Å². The first-order valence-corrected chi connectivity index (χ1v) is 9.14. The zero-order valence-corrected chi connectivity index (χ0v) is 15.8. The van der Waals surface area contributed by atoms with E-state index in [0.717, 1.165) is 5.69 Å². The van der Waals surface area contributed by atoms with Gasteiger partial charge >= 0.3 is 5.97 Å². The number of nitrogens with one attached hydrogen (secondary N) is 1. The van der Waals surface area contributed by atoms with Gasteiger partial charge in [-0.2, -0.15) is 0 Å². The second-order valence-electron chi connectivity index (χ2n) is 6.48. The van der Waals surface area contributed by atoms with Crippen LogP contribution in [0.5, 0.6) is 0 Å². The first-order chi connectivity index (χ1) is 13.8. The number of hydrogen-bond acceptors (Lipinski definition) is 6. The molecule has 10 heteroatoms. The molecule has 0 saturated carbocycles. The molecule has 2 rings (SSSR count). The Hall–Kier alpha value is -3.56. The van der Waals surface area contributed by atoms with E-state index in [-0.39, 0.29) is 32.1 Å². The van der Waals surface area contributed by atoms with Crippen molar-refractivity contribution < 1.29 is 24.3 Å². The van der Waals surface area contributed by atoms with E-state index in [1.54, 1.807) is 10.9 Å². The minimum atomic E-state index is -1.08. The molecular formula is C19H23N5O5. The Kier molecular flexibility index (Phi) is 8.01. The summed E-state index contributed by atoms with van der Waals surface area (Å²) in [6.07, 6.45) is 1.44. The molecule has 0 fully saturated rings. The highest BCUT2D eigenvalue weighted by Crippen LogP contribution is 2.08. The summed E-state index contributed by atoms with van der Waals surface area (Å²) in [5, 5.41) is 19.4. The Morgan fingerprint density at radius 3 is 2.45 bits per heavy atom. The van der Waals surface area contributed by atoms with Crippen LogP contribution in [0.3, 0.4) is 0 Å². The van der Waals surface area contributed by atoms with Crippen molar-refractivity contribution in [2.45, 2.75) is 44.6 Å². The molecule has 0 unspecified atom stereocenters. The van der Waals surface area contributed by atoms with Gasteiger partial charge in [-0.05, 0) is 18.6 Å². The van der Waals surface area contributed by atoms with Crippen LogP contribution in [-0.2, 0) is 25.6 Å². The highest BCUT2D eigenvalue weighted by molar-refractivity contribution is 5.91. The second kappa shape index (κ2) is 10.7. The maximum atomic E-state index is 12.2. The monoisotopic (exact) mass is 401 g/mol. The number of nitrogens with two attached hydrogens (primary N) is 1. The number of aryl methyl sites for hydroxylation is 1. The smallest absolute Gasteiger partial charge is 0.303 e. The summed E-state index contributed by atoms with van der Waals surface area (Å²) in [6, 6.07) is 8.40. The van der Waals surface area contributed by atoms with E-state index in [1.807, 2.05) is 30.3 Å². The number of benzene rings is 1. The number of hydrogen-bond donors (Lipinski definition) is 3. The fourth-order valence-electron chi connectivity index (χ4n) is 2.63. The maximum absolute atomic E-state index is 12.2. The molecule has 0 spiro atoms. The highest BCUT2D eigenvalue weighted by atomic mass is 16.4. The van der Waals surface area contributed by atoms with Gasteiger partial charge in [-0.15, -0.1) is 5.10 Å². The molecular weight excluding hydrogens is 378 g/mol. The fraction of sp³-hybridized carbons (Fsp3) is 0.368. The van der Waals surface area contributed by atoms with Crippen LogP contribution in [0.4, 0.5) is 0 Å². The number of carbonyl (C=O) groups excluding carboxylic acids is 3. The maximum Gasteiger partial charge on any atom is 0.303 e. The predicted octanol–water partition coefficient (Wildman–Crippen LogP) is 0.384. The lowest BCUT2D eigenvalue weighted by molar-refractivity contribution is -0.138. The summed E-state index contributed by atoms with van der Waals surface area (Å²) in [4.78, 5) is 46.1. The number of primary amides is 1. The number of aliphatic carboxylic acids is 1. The zero-order valence-electron chi connectivity index (χ0n) is 15.8. The minimum absolute atomic E-state index is 0.0527. The summed E-state index contributed by atoms with van der Waals surface area (Å²) in [5.41, 5.74) is 6.47. The summed E-state index contributed by atoms with van der Waals surface area (Å²) in [7, 11) is 0. The average molecular weight is 401 g/mol. The third-order valence-corrected chi connectivity index (χ3v) is 4.16. The Morgan fingerprint density at radius 2 is 1.79 bits per heavy atom. The van der Waals surface area contributed by atoms with Gasteiger partial charge in [-0.25, -0.2) is 4.68 Å². The van der Waals surface area contributed by atoms with Crippen molar-refractivity contribution >= 4 is 23.6 Å². The number of para-hydroxylation sites is 1. The van der Waals surface area contributed by atoms with Crippen LogP contribution >= 0.6 is 0 Å². The van der Waals surface area contributed by atoms with Crippen molar-refractivity contribution in [3.05, 3.63) is 42.2 Å². The van der Waals surface area contributed by atoms with Gasteiger partial charge < -0.3 is 16.2 Å². The molecule has 0 radical (unpaired) electrons. The predicted molar refractivity (Wildman–Crippen MR) is 102 cm³/mol. The van der Waals surface area contributed by atoms with E-state index in [4.69, 9.17) is 10.8 Å². The normalized spacial score (nSPS) is 11.6. The van der Waals surface area contributed by atoms with Crippen molar-refractivity contribution in [3.8, 4) is 5.69 Å². The van der Waals surface area contributed by atoms with Crippen LogP contribution < -0.4 is 11.1 Å². The minimum Gasteiger partial charge on any atom is -0.481 e. The van der Waals surface area contributed by atoms with Crippen molar-refractivity contribution in [1.29, 1.82) is 0 Å². The molecule has 29 heavy (non-hydrogen) atoms. The number of Topliss-reactive ketones (excluding diaryl/α,β-unsaturated/α-hetero) is 1. The summed E-state index contributed by atoms with van der Waals surface area (Å²) in [6.45, 7) is 0. The Balaban J connectivity index is 1.90. The molecule has 1 atom stereocenters. The number of carboxylic acid groups (broad SMARTS) is 1. The van der Waals surface area contributed by atoms with Gasteiger partial charge in [0.15, 0.2) is 5.78 Å². The molecule has 2 aromatic rings. The lowest BCUT2D eigenvalue weighted by Gasteiger charge is -2.16. The van der Waals surface area contributed by atoms with Crippen LogP contribution in [0.15, 0.2) is 36.5 Å². The van der Waals surface area contributed by atoms with E-state index in [9.17, 15) is 19.2 Å². The molecule has 0 aliphatic heterocycles. The van der Waals surface area contributed by atoms with Gasteiger partial charge in [0.2, 0.25) is 11.8 Å². The number of ketones is 1. The number of carboxylic acids is 1. The van der Waals surface area contributed by atoms with E-state index in [2.05, 4.69) is 15.6 Å². The van der Waals surface area contributed by atoms with Crippen molar-refractivity contribution in [3.63, 3.8) is 0 Å². The standard InChI is InChI=1S/C19H23N5O5/c20-17(26)9-8-16(25)15(7-11-19(28)29)21-18(27)10-6-13-12-24(23-22-13)14-4-2-1-3-5-14/h1-5,12,15H,6-11H2,(H2,20,26)(H,21,27)(H,28,29)/t15-/m0/s1. The fourth-order valence-corrected chi connectivity index (χ4v) is 2.63. The molecule has 0 saturated heterocycles. The van der Waals surface area contributed by atoms with Crippen molar-refractivity contribution in [1.82, 2.24) is 20.3 Å². The number of amides is 2. The average Bonchev–Trinajstić information content (AvgIpc) is 3.17. The van der Waals surface area contributed by atoms with Gasteiger partial charge in [-0.1, -0.05) is 23.4 Å². The Bertz CT molecular complexity index is 865. The molecule has 10 nitrogen and oxygen atoms in total. The number of rotatable bonds is 12. The third kappa shape index (κ3) is 7.53. The lowest BCUT2D eigenvalue weighted by Crippen LogP contribution is -2.41. The molecule has 1 aromatic carbocycles. The molecule has 2 amide bonds. The van der Waals surface area contributed by atoms with Gasteiger partial charge in [0.05, 0.1) is 23.6 Å². The summed E-state index contributed by atoms with van der Waals surface area (Å²) in [5.74, 6) is -2.55. The van der Waals surface area contributed by atoms with Gasteiger partial charge in [-0.3, -0.25) is 19.2 Å². The first-order valence-electron chi connectivity index (χ1n) is 9.14. The topological polar surface area (TPSA) is 157 Å². The van der Waals surface area contributed by atoms with Crippen LogP contribution in [0.2, 0.25) is 0 Å². The van der Waals surface area contributed by atoms with E-state index in [1.165, 1.54) is 0 Å². The van der Waals surface area contributed by atoms with Crippen LogP contribution in [0.1, 0.15) is 37.8 Å². The molecule has 4 N–H and O–H groups in total. The van der Waals surface area contributed by atoms with Crippen LogP contribution in [0.25, 0.3) is 5.69 Å². The Morgan fingerprint density at radius 1 is 1.07 bits per heavy atom. The largest absolute Gasteiger partial charge is 0.481 e. The molecule has 1 heterocycles. The number of nitrogens with zero attached hydrogens (tertiary/aromatic N) is 3. The third-order valence-electron chi connectivity index (χ3n) is 4.16. The lowest BCUT2D eigenvalue weighted by atomic mass is 10.0. The van der Waals surface area contributed by atoms with Gasteiger partial charge in [0, 0.05) is 32.1 Å². The van der Waals surface area contributed by atoms with E-state index < -0.39 is 29.6 Å². The van der Waals surface area contributed by atoms with Crippen LogP contribution in [0, 0.1) is 0 Å². The molecule has 154 valence electrons. The molecule has 0 bridgehead atoms. The zero-order chi connectivity index (χ0) is 21.2. The van der Waals surface area contributed by atoms with Crippen LogP contribution in [-0.4, -0.2) is 49.7 Å². The molecule has 0 aliphatic rings.